The molecule has 3 heterocycles. The number of hydrogen-bond acceptors (Lipinski definition) is 8. The molecule has 0 spiro atoms. The molecule has 27 heavy (non-hydrogen) atoms. The van der Waals surface area contributed by atoms with Crippen molar-refractivity contribution >= 4 is 46.6 Å². The Hall–Kier alpha value is -1.85. The fourth-order valence-electron chi connectivity index (χ4n) is 2.34. The lowest BCUT2D eigenvalue weighted by Crippen LogP contribution is -2.14. The number of hydrogen-bond donors (Lipinski definition) is 1. The van der Waals surface area contributed by atoms with Gasteiger partial charge in [0.05, 0.1) is 19.0 Å². The molecule has 1 amide bonds. The van der Waals surface area contributed by atoms with Crippen LogP contribution in [0.4, 0.5) is 5.69 Å². The minimum Gasteiger partial charge on any atom is -0.340 e. The molecule has 1 N–H and O–H groups in total. The fourth-order valence-corrected chi connectivity index (χ4v) is 4.75. The number of rotatable bonds is 7. The standard InChI is InChI=1S/C17H16N4O3S3/c22-14(18-13-4-2-1-3-5-13)11-26-16-20-19-15(12-6-9-25-10-12)21(16)27-17-23-7-8-24-17/h1-6,9-10,17H,7-8,11H2,(H,18,22). The number of carbonyl (C=O) groups is 1. The van der Waals surface area contributed by atoms with Crippen LogP contribution in [0.25, 0.3) is 11.4 Å². The summed E-state index contributed by atoms with van der Waals surface area (Å²) in [5.41, 5.74) is 1.33. The van der Waals surface area contributed by atoms with Crippen molar-refractivity contribution in [1.82, 2.24) is 14.2 Å². The molecule has 0 radical (unpaired) electrons. The number of thiophene rings is 1. The van der Waals surface area contributed by atoms with E-state index in [1.165, 1.54) is 23.7 Å². The maximum atomic E-state index is 12.2. The highest BCUT2D eigenvalue weighted by molar-refractivity contribution is 8.01. The third kappa shape index (κ3) is 4.71. The summed E-state index contributed by atoms with van der Waals surface area (Å²) in [4.78, 5) is 12.2. The van der Waals surface area contributed by atoms with Gasteiger partial charge < -0.3 is 14.8 Å². The van der Waals surface area contributed by atoms with Gasteiger partial charge in [-0.2, -0.15) is 11.3 Å². The second-order valence-electron chi connectivity index (χ2n) is 5.45. The monoisotopic (exact) mass is 420 g/mol. The van der Waals surface area contributed by atoms with Gasteiger partial charge in [0.1, 0.15) is 0 Å². The number of amides is 1. The molecular formula is C17H16N4O3S3. The highest BCUT2D eigenvalue weighted by Gasteiger charge is 2.24. The predicted octanol–water partition coefficient (Wildman–Crippen LogP) is 3.56. The van der Waals surface area contributed by atoms with Gasteiger partial charge in [-0.15, -0.1) is 10.2 Å². The Labute approximate surface area is 168 Å². The molecule has 1 aromatic carbocycles. The molecule has 140 valence electrons. The van der Waals surface area contributed by atoms with Gasteiger partial charge in [-0.25, -0.2) is 3.97 Å². The van der Waals surface area contributed by atoms with E-state index in [0.717, 1.165) is 11.3 Å². The van der Waals surface area contributed by atoms with Gasteiger partial charge in [-0.3, -0.25) is 4.79 Å². The number of anilines is 1. The number of aromatic nitrogens is 3. The topological polar surface area (TPSA) is 78.3 Å². The maximum absolute atomic E-state index is 12.2. The molecule has 1 fully saturated rings. The highest BCUT2D eigenvalue weighted by atomic mass is 32.2. The minimum absolute atomic E-state index is 0.101. The summed E-state index contributed by atoms with van der Waals surface area (Å²) in [6.07, 6.45) is 0. The molecule has 1 aliphatic heterocycles. The predicted molar refractivity (Wildman–Crippen MR) is 108 cm³/mol. The van der Waals surface area contributed by atoms with Crippen LogP contribution in [0.5, 0.6) is 0 Å². The molecule has 7 nitrogen and oxygen atoms in total. The molecular weight excluding hydrogens is 404 g/mol. The molecule has 4 rings (SSSR count). The molecule has 3 aromatic rings. The van der Waals surface area contributed by atoms with Crippen molar-refractivity contribution in [1.29, 1.82) is 0 Å². The Balaban J connectivity index is 1.47. The molecule has 10 heteroatoms. The van der Waals surface area contributed by atoms with Crippen LogP contribution in [-0.2, 0) is 14.3 Å². The number of carbonyl (C=O) groups excluding carboxylic acids is 1. The van der Waals surface area contributed by atoms with Gasteiger partial charge in [0.25, 0.3) is 0 Å². The van der Waals surface area contributed by atoms with Crippen molar-refractivity contribution in [2.45, 2.75) is 10.8 Å². The summed E-state index contributed by atoms with van der Waals surface area (Å²) in [7, 11) is 0. The number of thioether (sulfide) groups is 1. The Morgan fingerprint density at radius 3 is 2.78 bits per heavy atom. The van der Waals surface area contributed by atoms with Crippen LogP contribution >= 0.6 is 35.0 Å². The van der Waals surface area contributed by atoms with Gasteiger partial charge in [0.15, 0.2) is 5.82 Å². The van der Waals surface area contributed by atoms with Crippen molar-refractivity contribution in [3.05, 3.63) is 47.2 Å². The van der Waals surface area contributed by atoms with Crippen LogP contribution in [-0.4, -0.2) is 44.7 Å². The summed E-state index contributed by atoms with van der Waals surface area (Å²) in [5, 5.41) is 16.1. The summed E-state index contributed by atoms with van der Waals surface area (Å²) in [6.45, 7) is 1.13. The van der Waals surface area contributed by atoms with E-state index in [4.69, 9.17) is 9.47 Å². The van der Waals surface area contributed by atoms with Crippen molar-refractivity contribution in [3.63, 3.8) is 0 Å². The van der Waals surface area contributed by atoms with Crippen molar-refractivity contribution < 1.29 is 14.3 Å². The van der Waals surface area contributed by atoms with Crippen molar-refractivity contribution in [2.24, 2.45) is 0 Å². The van der Waals surface area contributed by atoms with Gasteiger partial charge in [0, 0.05) is 28.6 Å². The Kier molecular flexibility index (Phi) is 6.10. The quantitative estimate of drug-likeness (QED) is 0.586. The molecule has 0 aliphatic carbocycles. The number of ether oxygens (including phenoxy) is 2. The Morgan fingerprint density at radius 1 is 1.22 bits per heavy atom. The normalized spacial score (nSPS) is 14.5. The van der Waals surface area contributed by atoms with E-state index in [0.29, 0.717) is 24.2 Å². The van der Waals surface area contributed by atoms with Gasteiger partial charge in [-0.1, -0.05) is 30.0 Å². The Bertz CT molecular complexity index is 880. The summed E-state index contributed by atoms with van der Waals surface area (Å²) in [6, 6.07) is 11.4. The van der Waals surface area contributed by atoms with E-state index in [9.17, 15) is 4.79 Å². The van der Waals surface area contributed by atoms with Gasteiger partial charge in [0.2, 0.25) is 16.7 Å². The molecule has 0 atom stereocenters. The first kappa shape index (κ1) is 18.5. The van der Waals surface area contributed by atoms with Gasteiger partial charge in [-0.05, 0) is 23.6 Å². The first-order valence-electron chi connectivity index (χ1n) is 8.15. The average Bonchev–Trinajstić information content (AvgIpc) is 3.44. The van der Waals surface area contributed by atoms with Crippen LogP contribution in [0.15, 0.2) is 52.3 Å². The van der Waals surface area contributed by atoms with E-state index in [1.807, 2.05) is 51.1 Å². The first-order valence-corrected chi connectivity index (χ1v) is 10.9. The zero-order valence-corrected chi connectivity index (χ0v) is 16.6. The summed E-state index contributed by atoms with van der Waals surface area (Å²) >= 11 is 4.28. The summed E-state index contributed by atoms with van der Waals surface area (Å²) in [5.74, 6) is 0.839. The van der Waals surface area contributed by atoms with E-state index in [1.54, 1.807) is 11.3 Å². The van der Waals surface area contributed by atoms with E-state index in [2.05, 4.69) is 15.5 Å². The van der Waals surface area contributed by atoms with E-state index >= 15 is 0 Å². The number of benzene rings is 1. The smallest absolute Gasteiger partial charge is 0.234 e. The number of nitrogens with one attached hydrogen (secondary N) is 1. The lowest BCUT2D eigenvalue weighted by Gasteiger charge is -2.12. The largest absolute Gasteiger partial charge is 0.340 e. The fraction of sp³-hybridized carbons (Fsp3) is 0.235. The third-order valence-electron chi connectivity index (χ3n) is 3.55. The minimum atomic E-state index is -0.407. The molecule has 0 saturated carbocycles. The van der Waals surface area contributed by atoms with Crippen LogP contribution in [0.1, 0.15) is 0 Å². The maximum Gasteiger partial charge on any atom is 0.234 e. The second kappa shape index (κ2) is 8.89. The zero-order valence-electron chi connectivity index (χ0n) is 14.1. The lowest BCUT2D eigenvalue weighted by molar-refractivity contribution is -0.113. The van der Waals surface area contributed by atoms with Crippen molar-refractivity contribution in [3.8, 4) is 11.4 Å². The SMILES string of the molecule is O=C(CSc1nnc(-c2ccsc2)n1SC1OCCO1)Nc1ccccc1. The Morgan fingerprint density at radius 2 is 2.04 bits per heavy atom. The van der Waals surface area contributed by atoms with E-state index < -0.39 is 5.62 Å². The van der Waals surface area contributed by atoms with Crippen LogP contribution in [0, 0.1) is 0 Å². The number of nitrogens with zero attached hydrogens (tertiary/aromatic N) is 3. The highest BCUT2D eigenvalue weighted by Crippen LogP contribution is 2.33. The molecule has 0 unspecified atom stereocenters. The van der Waals surface area contributed by atoms with E-state index in [-0.39, 0.29) is 11.7 Å². The van der Waals surface area contributed by atoms with Crippen LogP contribution in [0.3, 0.4) is 0 Å². The molecule has 2 aromatic heterocycles. The average molecular weight is 421 g/mol. The first-order chi connectivity index (χ1) is 13.3. The third-order valence-corrected chi connectivity index (χ3v) is 6.28. The van der Waals surface area contributed by atoms with Gasteiger partial charge >= 0.3 is 0 Å². The zero-order chi connectivity index (χ0) is 18.5. The lowest BCUT2D eigenvalue weighted by atomic mass is 10.3. The van der Waals surface area contributed by atoms with Crippen molar-refractivity contribution in [2.75, 3.05) is 24.3 Å². The molecule has 1 saturated heterocycles. The van der Waals surface area contributed by atoms with Crippen LogP contribution < -0.4 is 5.32 Å². The number of para-hydroxylation sites is 1. The molecule has 1 aliphatic rings. The second-order valence-corrected chi connectivity index (χ2v) is 8.13. The summed E-state index contributed by atoms with van der Waals surface area (Å²) < 4.78 is 12.9. The van der Waals surface area contributed by atoms with Crippen LogP contribution in [0.2, 0.25) is 0 Å². The molecule has 0 bridgehead atoms.